The topological polar surface area (TPSA) is 64.6 Å². The minimum Gasteiger partial charge on any atom is -1.00 e. The molecule has 0 saturated heterocycles. The van der Waals surface area contributed by atoms with Gasteiger partial charge in [0.05, 0.1) is 42.0 Å². The van der Waals surface area contributed by atoms with Crippen molar-refractivity contribution in [2.24, 2.45) is 0 Å². The summed E-state index contributed by atoms with van der Waals surface area (Å²) in [6, 6.07) is 18.5. The standard InChI is InChI=1S/C30H23N2O4.BrH/c1-33-24-8-7-21-22-12-20(11-17-3-5-18(14-31)6-4-17)27-26-19(13-25-30(27)36-16-35-25)9-10-32(28(22)26)15-23(21)29(24)34-2;/h3-8,12-13,15H,9-11,16H2,1-2H3;1H/q+1;/p-1. The van der Waals surface area contributed by atoms with Gasteiger partial charge < -0.3 is 35.9 Å². The third kappa shape index (κ3) is 3.40. The molecule has 0 bridgehead atoms. The number of methoxy groups -OCH3 is 2. The Morgan fingerprint density at radius 3 is 2.54 bits per heavy atom. The fraction of sp³-hybridized carbons (Fsp3) is 0.200. The summed E-state index contributed by atoms with van der Waals surface area (Å²) in [5.74, 6) is 3.10. The van der Waals surface area contributed by atoms with Crippen LogP contribution in [-0.4, -0.2) is 21.0 Å². The van der Waals surface area contributed by atoms with Crippen LogP contribution in [0.15, 0.2) is 54.7 Å². The largest absolute Gasteiger partial charge is 1.00 e. The predicted octanol–water partition coefficient (Wildman–Crippen LogP) is 2.20. The molecule has 1 aromatic heterocycles. The fourth-order valence-corrected chi connectivity index (χ4v) is 5.83. The molecule has 0 radical (unpaired) electrons. The molecule has 0 N–H and O–H groups in total. The Bertz CT molecular complexity index is 1770. The molecule has 2 aliphatic heterocycles. The molecular formula is C30H23BrN2O4. The van der Waals surface area contributed by atoms with Gasteiger partial charge in [-0.25, -0.2) is 0 Å². The second-order valence-corrected chi connectivity index (χ2v) is 9.27. The number of nitriles is 1. The van der Waals surface area contributed by atoms with Crippen molar-refractivity contribution in [3.63, 3.8) is 0 Å². The number of aryl methyl sites for hydroxylation is 2. The fourth-order valence-electron chi connectivity index (χ4n) is 5.83. The molecule has 3 heterocycles. The number of nitrogens with zero attached hydrogens (tertiary/aromatic N) is 2. The first kappa shape index (κ1) is 23.4. The number of benzene rings is 4. The van der Waals surface area contributed by atoms with Gasteiger partial charge in [0, 0.05) is 17.2 Å². The van der Waals surface area contributed by atoms with Gasteiger partial charge in [-0.05, 0) is 59.5 Å². The Morgan fingerprint density at radius 1 is 0.946 bits per heavy atom. The molecule has 37 heavy (non-hydrogen) atoms. The summed E-state index contributed by atoms with van der Waals surface area (Å²) in [4.78, 5) is 0. The van der Waals surface area contributed by atoms with Crippen LogP contribution < -0.4 is 40.5 Å². The van der Waals surface area contributed by atoms with Crippen LogP contribution in [0.4, 0.5) is 0 Å². The van der Waals surface area contributed by atoms with E-state index in [2.05, 4.69) is 35.0 Å². The number of ether oxygens (including phenoxy) is 4. The number of hydrogen-bond donors (Lipinski definition) is 0. The maximum atomic E-state index is 9.23. The predicted molar refractivity (Wildman–Crippen MR) is 136 cm³/mol. The lowest BCUT2D eigenvalue weighted by atomic mass is 9.88. The number of rotatable bonds is 4. The SMILES string of the molecule is COc1ccc2c(c[n+]3c4c2cc(Cc2ccc(C#N)cc2)c2c5c(cc(c24)CC3)OCO5)c1OC.[Br-]. The van der Waals surface area contributed by atoms with Gasteiger partial charge in [0.1, 0.15) is 0 Å². The van der Waals surface area contributed by atoms with E-state index in [4.69, 9.17) is 18.9 Å². The average Bonchev–Trinajstić information content (AvgIpc) is 3.39. The van der Waals surface area contributed by atoms with Crippen LogP contribution in [0, 0.1) is 11.3 Å². The molecule has 0 spiro atoms. The highest BCUT2D eigenvalue weighted by molar-refractivity contribution is 6.18. The third-order valence-electron chi connectivity index (χ3n) is 7.42. The maximum Gasteiger partial charge on any atom is 0.231 e. The van der Waals surface area contributed by atoms with Gasteiger partial charge in [-0.15, -0.1) is 0 Å². The van der Waals surface area contributed by atoms with E-state index in [1.807, 2.05) is 30.3 Å². The lowest BCUT2D eigenvalue weighted by molar-refractivity contribution is -0.670. The first-order valence-electron chi connectivity index (χ1n) is 12.0. The number of aromatic nitrogens is 1. The van der Waals surface area contributed by atoms with E-state index in [1.54, 1.807) is 14.2 Å². The van der Waals surface area contributed by atoms with Crippen molar-refractivity contribution in [2.75, 3.05) is 21.0 Å². The van der Waals surface area contributed by atoms with E-state index in [-0.39, 0.29) is 23.8 Å². The number of hydrogen-bond acceptors (Lipinski definition) is 5. The van der Waals surface area contributed by atoms with Crippen LogP contribution in [0.5, 0.6) is 23.0 Å². The van der Waals surface area contributed by atoms with Gasteiger partial charge in [-0.3, -0.25) is 0 Å². The molecule has 0 amide bonds. The molecule has 0 fully saturated rings. The van der Waals surface area contributed by atoms with Crippen LogP contribution >= 0.6 is 0 Å². The summed E-state index contributed by atoms with van der Waals surface area (Å²) >= 11 is 0. The van der Waals surface area contributed by atoms with E-state index < -0.39 is 0 Å². The Kier molecular flexibility index (Phi) is 5.58. The summed E-state index contributed by atoms with van der Waals surface area (Å²) in [7, 11) is 3.35. The van der Waals surface area contributed by atoms with Crippen molar-refractivity contribution in [3.8, 4) is 29.1 Å². The lowest BCUT2D eigenvalue weighted by Crippen LogP contribution is -3.00. The van der Waals surface area contributed by atoms with Gasteiger partial charge >= 0.3 is 0 Å². The lowest BCUT2D eigenvalue weighted by Gasteiger charge is -2.20. The van der Waals surface area contributed by atoms with Gasteiger partial charge in [-0.2, -0.15) is 9.83 Å². The van der Waals surface area contributed by atoms with E-state index in [1.165, 1.54) is 27.4 Å². The molecule has 0 saturated carbocycles. The molecule has 0 unspecified atom stereocenters. The summed E-state index contributed by atoms with van der Waals surface area (Å²) in [5, 5.41) is 14.9. The highest BCUT2D eigenvalue weighted by atomic mass is 79.9. The highest BCUT2D eigenvalue weighted by Crippen LogP contribution is 2.48. The molecule has 2 aliphatic rings. The molecule has 0 atom stereocenters. The first-order chi connectivity index (χ1) is 17.7. The number of fused-ring (bicyclic) bond motifs is 4. The van der Waals surface area contributed by atoms with Crippen molar-refractivity contribution in [1.29, 1.82) is 5.26 Å². The van der Waals surface area contributed by atoms with Crippen molar-refractivity contribution < 1.29 is 40.5 Å². The summed E-state index contributed by atoms with van der Waals surface area (Å²) in [5.41, 5.74) is 5.44. The molecule has 6 nitrogen and oxygen atoms in total. The van der Waals surface area contributed by atoms with E-state index >= 15 is 0 Å². The zero-order valence-electron chi connectivity index (χ0n) is 20.4. The minimum atomic E-state index is 0. The van der Waals surface area contributed by atoms with E-state index in [0.717, 1.165) is 57.7 Å². The highest BCUT2D eigenvalue weighted by Gasteiger charge is 2.31. The van der Waals surface area contributed by atoms with Gasteiger partial charge in [0.2, 0.25) is 12.3 Å². The quantitative estimate of drug-likeness (QED) is 0.252. The van der Waals surface area contributed by atoms with E-state index in [9.17, 15) is 5.26 Å². The number of pyridine rings is 1. The smallest absolute Gasteiger partial charge is 0.231 e. The zero-order chi connectivity index (χ0) is 24.4. The Labute approximate surface area is 224 Å². The summed E-state index contributed by atoms with van der Waals surface area (Å²) < 4.78 is 25.6. The van der Waals surface area contributed by atoms with Crippen LogP contribution in [0.2, 0.25) is 0 Å². The molecule has 184 valence electrons. The van der Waals surface area contributed by atoms with Crippen molar-refractivity contribution in [1.82, 2.24) is 0 Å². The molecule has 0 aliphatic carbocycles. The molecule has 7 heteroatoms. The van der Waals surface area contributed by atoms with Crippen LogP contribution in [0.25, 0.3) is 32.4 Å². The van der Waals surface area contributed by atoms with Gasteiger partial charge in [0.15, 0.2) is 35.7 Å². The zero-order valence-corrected chi connectivity index (χ0v) is 22.0. The number of halogens is 1. The summed E-state index contributed by atoms with van der Waals surface area (Å²) in [6.45, 7) is 1.10. The van der Waals surface area contributed by atoms with Crippen LogP contribution in [-0.2, 0) is 19.4 Å². The maximum absolute atomic E-state index is 9.23. The van der Waals surface area contributed by atoms with Crippen LogP contribution in [0.3, 0.4) is 0 Å². The molecular weight excluding hydrogens is 532 g/mol. The first-order valence-corrected chi connectivity index (χ1v) is 12.0. The molecule has 5 aromatic rings. The minimum absolute atomic E-state index is 0. The Hall–Kier alpha value is -4.02. The van der Waals surface area contributed by atoms with Crippen LogP contribution in [0.1, 0.15) is 22.3 Å². The van der Waals surface area contributed by atoms with Crippen molar-refractivity contribution in [2.45, 2.75) is 19.4 Å². The summed E-state index contributed by atoms with van der Waals surface area (Å²) in [6.07, 6.45) is 3.80. The Balaban J connectivity index is 0.00000252. The molecule has 7 rings (SSSR count). The average molecular weight is 555 g/mol. The van der Waals surface area contributed by atoms with E-state index in [0.29, 0.717) is 12.0 Å². The monoisotopic (exact) mass is 554 g/mol. The Morgan fingerprint density at radius 2 is 1.78 bits per heavy atom. The second kappa shape index (κ2) is 8.82. The normalized spacial score (nSPS) is 13.1. The molecule has 4 aromatic carbocycles. The van der Waals surface area contributed by atoms with Crippen molar-refractivity contribution in [3.05, 3.63) is 77.0 Å². The van der Waals surface area contributed by atoms with Crippen molar-refractivity contribution >= 4 is 32.4 Å². The van der Waals surface area contributed by atoms with Gasteiger partial charge in [0.25, 0.3) is 0 Å². The van der Waals surface area contributed by atoms with Gasteiger partial charge in [-0.1, -0.05) is 12.1 Å². The third-order valence-corrected chi connectivity index (χ3v) is 7.42. The second-order valence-electron chi connectivity index (χ2n) is 9.27.